The van der Waals surface area contributed by atoms with E-state index in [-0.39, 0.29) is 11.3 Å². The Kier molecular flexibility index (Phi) is 7.53. The Hall–Kier alpha value is -2.01. The van der Waals surface area contributed by atoms with Crippen molar-refractivity contribution in [2.75, 3.05) is 6.61 Å². The van der Waals surface area contributed by atoms with Crippen LogP contribution in [0.25, 0.3) is 0 Å². The molecule has 2 atom stereocenters. The van der Waals surface area contributed by atoms with Crippen LogP contribution >= 0.6 is 0 Å². The number of carbonyl (C=O) groups excluding carboxylic acids is 1. The first-order chi connectivity index (χ1) is 13.1. The van der Waals surface area contributed by atoms with E-state index in [1.165, 1.54) is 18.2 Å². The van der Waals surface area contributed by atoms with Gasteiger partial charge in [0.1, 0.15) is 5.75 Å². The largest absolute Gasteiger partial charge is 0.435 e. The molecule has 0 aliphatic heterocycles. The zero-order valence-electron chi connectivity index (χ0n) is 14.5. The van der Waals surface area contributed by atoms with Gasteiger partial charge < -0.3 is 19.9 Å². The molecule has 1 saturated carbocycles. The van der Waals surface area contributed by atoms with Crippen LogP contribution in [0.4, 0.5) is 26.3 Å². The van der Waals surface area contributed by atoms with E-state index in [2.05, 4.69) is 14.8 Å². The fourth-order valence-electron chi connectivity index (χ4n) is 2.89. The highest BCUT2D eigenvalue weighted by Gasteiger charge is 2.48. The summed E-state index contributed by atoms with van der Waals surface area (Å²) in [6, 6.07) is 3.87. The molecule has 1 fully saturated rings. The maximum absolute atomic E-state index is 12.9. The molecule has 1 aliphatic rings. The van der Waals surface area contributed by atoms with Gasteiger partial charge in [0.25, 0.3) is 0 Å². The second-order valence-electron chi connectivity index (χ2n) is 6.46. The summed E-state index contributed by atoms with van der Waals surface area (Å²) in [5.74, 6) is -4.63. The topological polar surface area (TPSA) is 67.8 Å². The van der Waals surface area contributed by atoms with Gasteiger partial charge in [0.05, 0.1) is 25.2 Å². The molecule has 158 valence electrons. The minimum Gasteiger partial charge on any atom is -0.435 e. The van der Waals surface area contributed by atoms with Gasteiger partial charge in [0.2, 0.25) is 11.8 Å². The lowest BCUT2D eigenvalue weighted by atomic mass is 9.76. The highest BCUT2D eigenvalue weighted by atomic mass is 19.3. The summed E-state index contributed by atoms with van der Waals surface area (Å²) in [5.41, 5.74) is 0.150. The average molecular weight is 415 g/mol. The number of aliphatic hydroxyl groups is 1. The van der Waals surface area contributed by atoms with Crippen molar-refractivity contribution in [1.29, 1.82) is 0 Å². The maximum atomic E-state index is 12.9. The minimum atomic E-state index is -3.14. The van der Waals surface area contributed by atoms with Gasteiger partial charge in [-0.05, 0) is 23.6 Å². The molecule has 5 nitrogen and oxygen atoms in total. The summed E-state index contributed by atoms with van der Waals surface area (Å²) in [7, 11) is 0. The van der Waals surface area contributed by atoms with Crippen LogP contribution in [0.5, 0.6) is 5.75 Å². The highest BCUT2D eigenvalue weighted by Crippen LogP contribution is 2.44. The normalized spacial score (nSPS) is 18.6. The minimum absolute atomic E-state index is 0.150. The highest BCUT2D eigenvalue weighted by molar-refractivity contribution is 5.77. The molecule has 2 N–H and O–H groups in total. The van der Waals surface area contributed by atoms with Gasteiger partial charge in [-0.15, -0.1) is 0 Å². The van der Waals surface area contributed by atoms with Crippen molar-refractivity contribution in [3.63, 3.8) is 0 Å². The Morgan fingerprint density at radius 2 is 1.89 bits per heavy atom. The van der Waals surface area contributed by atoms with Crippen molar-refractivity contribution in [3.8, 4) is 5.75 Å². The fraction of sp³-hybridized carbons (Fsp3) is 0.588. The number of carbonyl (C=O) groups is 1. The number of hydrogen-bond donors (Lipinski definition) is 2. The van der Waals surface area contributed by atoms with Crippen molar-refractivity contribution < 1.29 is 45.7 Å². The molecule has 0 heterocycles. The lowest BCUT2D eigenvalue weighted by molar-refractivity contribution is -0.150. The fourth-order valence-corrected chi connectivity index (χ4v) is 2.89. The summed E-state index contributed by atoms with van der Waals surface area (Å²) in [4.78, 5) is 12.1. The third-order valence-electron chi connectivity index (χ3n) is 4.27. The number of aliphatic hydroxyl groups excluding tert-OH is 1. The van der Waals surface area contributed by atoms with Crippen LogP contribution in [0.15, 0.2) is 24.3 Å². The molecular weight excluding hydrogens is 396 g/mol. The predicted molar refractivity (Wildman–Crippen MR) is 84.2 cm³/mol. The van der Waals surface area contributed by atoms with Gasteiger partial charge in [0.15, 0.2) is 0 Å². The molecule has 1 amide bonds. The van der Waals surface area contributed by atoms with E-state index in [1.807, 2.05) is 0 Å². The molecule has 1 aromatic rings. The van der Waals surface area contributed by atoms with E-state index in [4.69, 9.17) is 0 Å². The predicted octanol–water partition coefficient (Wildman–Crippen LogP) is 3.48. The first kappa shape index (κ1) is 22.3. The van der Waals surface area contributed by atoms with Gasteiger partial charge in [0, 0.05) is 12.8 Å². The van der Waals surface area contributed by atoms with Crippen LogP contribution in [-0.2, 0) is 9.53 Å². The summed E-state index contributed by atoms with van der Waals surface area (Å²) in [5, 5.41) is 12.2. The van der Waals surface area contributed by atoms with Crippen LogP contribution in [0.3, 0.4) is 0 Å². The summed E-state index contributed by atoms with van der Waals surface area (Å²) in [6.45, 7) is -6.92. The Morgan fingerprint density at radius 1 is 1.21 bits per heavy atom. The molecule has 2 rings (SSSR count). The maximum Gasteiger partial charge on any atom is 0.387 e. The van der Waals surface area contributed by atoms with Crippen molar-refractivity contribution in [3.05, 3.63) is 29.8 Å². The van der Waals surface area contributed by atoms with Gasteiger partial charge >= 0.3 is 13.2 Å². The molecule has 11 heteroatoms. The second-order valence-corrected chi connectivity index (χ2v) is 6.46. The first-order valence-corrected chi connectivity index (χ1v) is 8.35. The summed E-state index contributed by atoms with van der Waals surface area (Å²) >= 11 is 0. The molecule has 0 saturated heterocycles. The van der Waals surface area contributed by atoms with Crippen LogP contribution in [0.1, 0.15) is 30.9 Å². The molecule has 0 unspecified atom stereocenters. The quantitative estimate of drug-likeness (QED) is 0.575. The summed E-state index contributed by atoms with van der Waals surface area (Å²) in [6.07, 6.45) is -2.90. The third-order valence-corrected chi connectivity index (χ3v) is 4.27. The van der Waals surface area contributed by atoms with Crippen molar-refractivity contribution in [2.45, 2.75) is 50.6 Å². The molecule has 0 bridgehead atoms. The van der Waals surface area contributed by atoms with E-state index in [1.54, 1.807) is 0 Å². The molecule has 1 aromatic carbocycles. The van der Waals surface area contributed by atoms with Gasteiger partial charge in [-0.1, -0.05) is 12.1 Å². The molecule has 28 heavy (non-hydrogen) atoms. The second kappa shape index (κ2) is 9.46. The molecule has 1 aliphatic carbocycles. The monoisotopic (exact) mass is 415 g/mol. The lowest BCUT2D eigenvalue weighted by Crippen LogP contribution is -2.44. The van der Waals surface area contributed by atoms with E-state index in [9.17, 15) is 36.2 Å². The van der Waals surface area contributed by atoms with Crippen LogP contribution < -0.4 is 10.1 Å². The number of amides is 1. The first-order valence-electron chi connectivity index (χ1n) is 8.35. The standard InChI is InChI=1S/C17H19F6NO4/c18-15(19)27-8-12(9-2-1-3-11(4-9)28-16(20)21)24-14(26)5-13(25)10-6-17(22,23)7-10/h1-4,10,12-13,15-16,25H,5-8H2,(H,24,26)/t12-,13+/m0/s1. The van der Waals surface area contributed by atoms with Crippen LogP contribution in [-0.4, -0.2) is 42.9 Å². The van der Waals surface area contributed by atoms with E-state index >= 15 is 0 Å². The van der Waals surface area contributed by atoms with E-state index < -0.39 is 69.0 Å². The number of hydrogen-bond acceptors (Lipinski definition) is 4. The molecular formula is C17H19F6NO4. The Bertz CT molecular complexity index is 652. The van der Waals surface area contributed by atoms with Crippen molar-refractivity contribution >= 4 is 5.91 Å². The number of ether oxygens (including phenoxy) is 2. The van der Waals surface area contributed by atoms with Gasteiger partial charge in [-0.3, -0.25) is 4.79 Å². The smallest absolute Gasteiger partial charge is 0.387 e. The molecule has 0 aromatic heterocycles. The van der Waals surface area contributed by atoms with Gasteiger partial charge in [-0.2, -0.15) is 17.6 Å². The van der Waals surface area contributed by atoms with E-state index in [0.29, 0.717) is 0 Å². The number of alkyl halides is 6. The van der Waals surface area contributed by atoms with E-state index in [0.717, 1.165) is 6.07 Å². The average Bonchev–Trinajstić information content (AvgIpc) is 2.55. The molecule has 0 spiro atoms. The summed E-state index contributed by atoms with van der Waals surface area (Å²) < 4.78 is 83.5. The number of benzene rings is 1. The zero-order valence-corrected chi connectivity index (χ0v) is 14.5. The molecule has 0 radical (unpaired) electrons. The SMILES string of the molecule is O=C(C[C@@H](O)C1CC(F)(F)C1)N[C@@H](COC(F)F)c1cccc(OC(F)F)c1. The number of rotatable bonds is 10. The zero-order chi connectivity index (χ0) is 20.9. The van der Waals surface area contributed by atoms with Crippen LogP contribution in [0.2, 0.25) is 0 Å². The Labute approximate surface area is 156 Å². The third kappa shape index (κ3) is 6.86. The van der Waals surface area contributed by atoms with Crippen molar-refractivity contribution in [1.82, 2.24) is 5.32 Å². The Balaban J connectivity index is 2.01. The number of halogens is 6. The number of nitrogens with one attached hydrogen (secondary N) is 1. The van der Waals surface area contributed by atoms with Crippen LogP contribution in [0, 0.1) is 5.92 Å². The lowest BCUT2D eigenvalue weighted by Gasteiger charge is -2.37. The van der Waals surface area contributed by atoms with Gasteiger partial charge in [-0.25, -0.2) is 8.78 Å². The van der Waals surface area contributed by atoms with Crippen molar-refractivity contribution in [2.24, 2.45) is 5.92 Å². The Morgan fingerprint density at radius 3 is 2.46 bits per heavy atom.